The lowest BCUT2D eigenvalue weighted by atomic mass is 9.87. The second-order valence-electron chi connectivity index (χ2n) is 5.03. The molecule has 1 aliphatic rings. The van der Waals surface area contributed by atoms with E-state index < -0.39 is 0 Å². The molecule has 2 aromatic carbocycles. The van der Waals surface area contributed by atoms with Gasteiger partial charge >= 0.3 is 0 Å². The van der Waals surface area contributed by atoms with Crippen molar-refractivity contribution in [2.24, 2.45) is 0 Å². The number of nitrogens with one attached hydrogen (secondary N) is 1. The molecule has 3 heteroatoms. The highest BCUT2D eigenvalue weighted by Crippen LogP contribution is 2.36. The molecule has 0 aromatic heterocycles. The third-order valence-corrected chi connectivity index (χ3v) is 3.79. The van der Waals surface area contributed by atoms with Crippen molar-refractivity contribution in [3.63, 3.8) is 0 Å². The number of aromatic hydroxyl groups is 2. The molecular formula is C16H17NO2. The van der Waals surface area contributed by atoms with Gasteiger partial charge in [0.05, 0.1) is 6.04 Å². The van der Waals surface area contributed by atoms with Crippen LogP contribution >= 0.6 is 0 Å². The van der Waals surface area contributed by atoms with E-state index in [2.05, 4.69) is 24.4 Å². The Morgan fingerprint density at radius 3 is 2.58 bits per heavy atom. The minimum atomic E-state index is -0.0546. The Bertz CT molecular complexity index is 622. The van der Waals surface area contributed by atoms with Crippen molar-refractivity contribution in [3.8, 4) is 11.5 Å². The molecule has 0 saturated heterocycles. The van der Waals surface area contributed by atoms with Crippen LogP contribution in [-0.4, -0.2) is 16.8 Å². The van der Waals surface area contributed by atoms with E-state index in [-0.39, 0.29) is 17.5 Å². The van der Waals surface area contributed by atoms with Gasteiger partial charge in [-0.1, -0.05) is 24.3 Å². The number of aryl methyl sites for hydroxylation is 1. The van der Waals surface area contributed by atoms with Crippen LogP contribution in [0, 0.1) is 6.92 Å². The normalized spacial score (nSPS) is 18.1. The Morgan fingerprint density at radius 2 is 1.79 bits per heavy atom. The first-order valence-electron chi connectivity index (χ1n) is 6.50. The summed E-state index contributed by atoms with van der Waals surface area (Å²) >= 11 is 0. The first-order chi connectivity index (χ1) is 9.16. The van der Waals surface area contributed by atoms with E-state index in [1.807, 2.05) is 12.1 Å². The summed E-state index contributed by atoms with van der Waals surface area (Å²) in [6.07, 6.45) is 0.867. The summed E-state index contributed by atoms with van der Waals surface area (Å²) in [4.78, 5) is 0. The van der Waals surface area contributed by atoms with Gasteiger partial charge in [0, 0.05) is 6.54 Å². The Labute approximate surface area is 112 Å². The summed E-state index contributed by atoms with van der Waals surface area (Å²) in [5.41, 5.74) is 4.59. The largest absolute Gasteiger partial charge is 0.504 e. The number of fused-ring (bicyclic) bond motifs is 1. The molecule has 19 heavy (non-hydrogen) atoms. The smallest absolute Gasteiger partial charge is 0.157 e. The zero-order valence-electron chi connectivity index (χ0n) is 10.9. The number of benzene rings is 2. The summed E-state index contributed by atoms with van der Waals surface area (Å²) in [7, 11) is 0. The molecule has 1 aliphatic heterocycles. The first kappa shape index (κ1) is 12.1. The van der Waals surface area contributed by atoms with Crippen molar-refractivity contribution in [1.29, 1.82) is 0 Å². The highest BCUT2D eigenvalue weighted by Gasteiger charge is 2.23. The molecule has 98 valence electrons. The standard InChI is InChI=1S/C16H17NO2/c1-10-4-2-3-5-12(10)16-13-9-15(19)14(18)8-11(13)6-7-17-16/h2-5,8-9,16-19H,6-7H2,1H3. The van der Waals surface area contributed by atoms with Gasteiger partial charge in [-0.15, -0.1) is 0 Å². The lowest BCUT2D eigenvalue weighted by Gasteiger charge is -2.28. The Balaban J connectivity index is 2.13. The fraction of sp³-hybridized carbons (Fsp3) is 0.250. The van der Waals surface area contributed by atoms with Gasteiger partial charge in [0.2, 0.25) is 0 Å². The lowest BCUT2D eigenvalue weighted by molar-refractivity contribution is 0.400. The fourth-order valence-corrected chi connectivity index (χ4v) is 2.77. The zero-order valence-corrected chi connectivity index (χ0v) is 10.9. The molecule has 0 amide bonds. The number of phenols is 2. The van der Waals surface area contributed by atoms with Crippen LogP contribution in [0.5, 0.6) is 11.5 Å². The van der Waals surface area contributed by atoms with Gasteiger partial charge < -0.3 is 15.5 Å². The summed E-state index contributed by atoms with van der Waals surface area (Å²) in [6.45, 7) is 2.96. The second-order valence-corrected chi connectivity index (χ2v) is 5.03. The van der Waals surface area contributed by atoms with E-state index in [4.69, 9.17) is 0 Å². The quantitative estimate of drug-likeness (QED) is 0.687. The Hall–Kier alpha value is -2.00. The predicted molar refractivity (Wildman–Crippen MR) is 74.5 cm³/mol. The highest BCUT2D eigenvalue weighted by molar-refractivity contribution is 5.51. The van der Waals surface area contributed by atoms with Crippen LogP contribution in [-0.2, 0) is 6.42 Å². The number of hydrogen-bond acceptors (Lipinski definition) is 3. The molecule has 1 heterocycles. The van der Waals surface area contributed by atoms with Crippen molar-refractivity contribution in [2.45, 2.75) is 19.4 Å². The number of hydrogen-bond donors (Lipinski definition) is 3. The minimum absolute atomic E-state index is 0.0378. The summed E-state index contributed by atoms with van der Waals surface area (Å²) < 4.78 is 0. The predicted octanol–water partition coefficient (Wildman–Crippen LogP) is 2.64. The van der Waals surface area contributed by atoms with Crippen LogP contribution in [0.15, 0.2) is 36.4 Å². The van der Waals surface area contributed by atoms with Crippen LogP contribution in [0.2, 0.25) is 0 Å². The molecule has 1 unspecified atom stereocenters. The fourth-order valence-electron chi connectivity index (χ4n) is 2.77. The maximum atomic E-state index is 9.73. The number of phenolic OH excluding ortho intramolecular Hbond substituents is 2. The van der Waals surface area contributed by atoms with E-state index in [1.54, 1.807) is 12.1 Å². The van der Waals surface area contributed by atoms with Gasteiger partial charge in [0.15, 0.2) is 11.5 Å². The molecule has 0 fully saturated rings. The van der Waals surface area contributed by atoms with Crippen molar-refractivity contribution in [3.05, 3.63) is 58.7 Å². The number of rotatable bonds is 1. The van der Waals surface area contributed by atoms with Crippen LogP contribution in [0.4, 0.5) is 0 Å². The van der Waals surface area contributed by atoms with E-state index in [0.29, 0.717) is 0 Å². The summed E-state index contributed by atoms with van der Waals surface area (Å²) in [6, 6.07) is 11.7. The molecule has 0 radical (unpaired) electrons. The highest BCUT2D eigenvalue weighted by atomic mass is 16.3. The molecule has 0 aliphatic carbocycles. The molecular weight excluding hydrogens is 238 g/mol. The Kier molecular flexibility index (Phi) is 2.91. The average molecular weight is 255 g/mol. The van der Waals surface area contributed by atoms with E-state index in [9.17, 15) is 10.2 Å². The van der Waals surface area contributed by atoms with Gasteiger partial charge in [0.25, 0.3) is 0 Å². The average Bonchev–Trinajstić information content (AvgIpc) is 2.40. The van der Waals surface area contributed by atoms with Gasteiger partial charge in [-0.2, -0.15) is 0 Å². The van der Waals surface area contributed by atoms with Gasteiger partial charge in [-0.05, 0) is 47.7 Å². The molecule has 0 saturated carbocycles. The SMILES string of the molecule is Cc1ccccc1C1NCCc2cc(O)c(O)cc21. The zero-order chi connectivity index (χ0) is 13.4. The molecule has 3 rings (SSSR count). The van der Waals surface area contributed by atoms with Gasteiger partial charge in [0.1, 0.15) is 0 Å². The minimum Gasteiger partial charge on any atom is -0.504 e. The molecule has 0 spiro atoms. The van der Waals surface area contributed by atoms with Crippen molar-refractivity contribution in [2.75, 3.05) is 6.54 Å². The molecule has 0 bridgehead atoms. The van der Waals surface area contributed by atoms with E-state index in [0.717, 1.165) is 24.1 Å². The molecule has 1 atom stereocenters. The molecule has 3 nitrogen and oxygen atoms in total. The molecule has 3 N–H and O–H groups in total. The van der Waals surface area contributed by atoms with Crippen molar-refractivity contribution >= 4 is 0 Å². The first-order valence-corrected chi connectivity index (χ1v) is 6.50. The summed E-state index contributed by atoms with van der Waals surface area (Å²) in [5.74, 6) is -0.0924. The van der Waals surface area contributed by atoms with Crippen molar-refractivity contribution < 1.29 is 10.2 Å². The van der Waals surface area contributed by atoms with Crippen LogP contribution in [0.25, 0.3) is 0 Å². The van der Waals surface area contributed by atoms with Crippen LogP contribution in [0.3, 0.4) is 0 Å². The van der Waals surface area contributed by atoms with Crippen molar-refractivity contribution in [1.82, 2.24) is 5.32 Å². The lowest BCUT2D eigenvalue weighted by Crippen LogP contribution is -2.30. The maximum Gasteiger partial charge on any atom is 0.157 e. The second kappa shape index (κ2) is 4.59. The summed E-state index contributed by atoms with van der Waals surface area (Å²) in [5, 5.41) is 22.8. The monoisotopic (exact) mass is 255 g/mol. The van der Waals surface area contributed by atoms with E-state index in [1.165, 1.54) is 11.1 Å². The topological polar surface area (TPSA) is 52.5 Å². The molecule has 2 aromatic rings. The van der Waals surface area contributed by atoms with Crippen LogP contribution < -0.4 is 5.32 Å². The Morgan fingerprint density at radius 1 is 1.05 bits per heavy atom. The third kappa shape index (κ3) is 2.06. The third-order valence-electron chi connectivity index (χ3n) is 3.79. The van der Waals surface area contributed by atoms with Gasteiger partial charge in [-0.3, -0.25) is 0 Å². The maximum absolute atomic E-state index is 9.73. The van der Waals surface area contributed by atoms with Crippen LogP contribution in [0.1, 0.15) is 28.3 Å². The van der Waals surface area contributed by atoms with E-state index >= 15 is 0 Å². The van der Waals surface area contributed by atoms with Gasteiger partial charge in [-0.25, -0.2) is 0 Å².